The Morgan fingerprint density at radius 1 is 1.41 bits per heavy atom. The number of methoxy groups -OCH3 is 1. The Morgan fingerprint density at radius 3 is 2.47 bits per heavy atom. The Balaban J connectivity index is 3.54. The number of phenolic OH excluding ortho intramolecular Hbond substituents is 1. The Morgan fingerprint density at radius 2 is 2.00 bits per heavy atom. The lowest BCUT2D eigenvalue weighted by Crippen LogP contribution is -1.89. The maximum atomic E-state index is 9.89. The van der Waals surface area contributed by atoms with Crippen molar-refractivity contribution in [3.63, 3.8) is 0 Å². The summed E-state index contributed by atoms with van der Waals surface area (Å²) in [6, 6.07) is 5.03. The number of phenols is 1. The molecule has 1 aromatic rings. The first kappa shape index (κ1) is 13.6. The summed E-state index contributed by atoms with van der Waals surface area (Å²) in [4.78, 5) is 0. The summed E-state index contributed by atoms with van der Waals surface area (Å²) in [7, 11) is 1.42. The number of nitriles is 2. The van der Waals surface area contributed by atoms with E-state index in [1.165, 1.54) is 13.2 Å². The van der Waals surface area contributed by atoms with E-state index in [1.54, 1.807) is 18.2 Å². The van der Waals surface area contributed by atoms with Gasteiger partial charge in [-0.2, -0.15) is 10.5 Å². The minimum Gasteiger partial charge on any atom is -0.504 e. The first-order chi connectivity index (χ1) is 8.04. The van der Waals surface area contributed by atoms with Gasteiger partial charge >= 0.3 is 0 Å². The Kier molecular flexibility index (Phi) is 4.56. The van der Waals surface area contributed by atoms with E-state index in [0.717, 1.165) is 0 Å². The first-order valence-electron chi connectivity index (χ1n) is 4.32. The van der Waals surface area contributed by atoms with E-state index in [-0.39, 0.29) is 17.1 Å². The van der Waals surface area contributed by atoms with Crippen LogP contribution in [-0.4, -0.2) is 12.2 Å². The standard InChI is InChI=1S/C11H6Br2N2O2/c1-17-9-3-8(12)10(13)7(11(9)16)2-6(4-14)5-15/h2-3,16H,1H3. The zero-order valence-corrected chi connectivity index (χ0v) is 11.8. The topological polar surface area (TPSA) is 77.0 Å². The van der Waals surface area contributed by atoms with Crippen molar-refractivity contribution in [2.24, 2.45) is 0 Å². The molecule has 0 amide bonds. The molecule has 0 aliphatic rings. The van der Waals surface area contributed by atoms with Gasteiger partial charge in [0.15, 0.2) is 11.5 Å². The minimum atomic E-state index is -0.134. The second-order valence-corrected chi connectivity index (χ2v) is 4.57. The van der Waals surface area contributed by atoms with Crippen LogP contribution in [0.25, 0.3) is 6.08 Å². The molecule has 6 heteroatoms. The summed E-state index contributed by atoms with van der Waals surface area (Å²) in [5.41, 5.74) is 0.204. The molecule has 0 unspecified atom stereocenters. The molecule has 86 valence electrons. The van der Waals surface area contributed by atoms with Crippen molar-refractivity contribution < 1.29 is 9.84 Å². The number of aromatic hydroxyl groups is 1. The number of ether oxygens (including phenoxy) is 1. The number of rotatable bonds is 2. The van der Waals surface area contributed by atoms with Gasteiger partial charge < -0.3 is 9.84 Å². The Bertz CT molecular complexity index is 552. The normalized spacial score (nSPS) is 9.00. The highest BCUT2D eigenvalue weighted by atomic mass is 79.9. The zero-order chi connectivity index (χ0) is 13.0. The highest BCUT2D eigenvalue weighted by Crippen LogP contribution is 2.41. The average molecular weight is 358 g/mol. The fourth-order valence-electron chi connectivity index (χ4n) is 1.13. The van der Waals surface area contributed by atoms with Crippen molar-refractivity contribution in [1.29, 1.82) is 10.5 Å². The Labute approximate surface area is 115 Å². The van der Waals surface area contributed by atoms with E-state index in [0.29, 0.717) is 14.5 Å². The highest BCUT2D eigenvalue weighted by molar-refractivity contribution is 9.13. The third-order valence-corrected chi connectivity index (χ3v) is 3.95. The molecule has 1 N–H and O–H groups in total. The van der Waals surface area contributed by atoms with E-state index in [9.17, 15) is 5.11 Å². The van der Waals surface area contributed by atoms with E-state index in [2.05, 4.69) is 31.9 Å². The second kappa shape index (κ2) is 5.72. The van der Waals surface area contributed by atoms with Crippen LogP contribution >= 0.6 is 31.9 Å². The molecule has 0 aliphatic carbocycles. The van der Waals surface area contributed by atoms with Gasteiger partial charge in [-0.25, -0.2) is 0 Å². The average Bonchev–Trinajstić information content (AvgIpc) is 2.34. The van der Waals surface area contributed by atoms with Crippen LogP contribution in [0.2, 0.25) is 0 Å². The summed E-state index contributed by atoms with van der Waals surface area (Å²) >= 11 is 6.53. The molecule has 0 aliphatic heterocycles. The fourth-order valence-corrected chi connectivity index (χ4v) is 1.97. The lowest BCUT2D eigenvalue weighted by Gasteiger charge is -2.09. The number of hydrogen-bond donors (Lipinski definition) is 1. The monoisotopic (exact) mass is 356 g/mol. The van der Waals surface area contributed by atoms with E-state index in [1.807, 2.05) is 0 Å². The molecule has 0 bridgehead atoms. The van der Waals surface area contributed by atoms with Crippen molar-refractivity contribution in [3.05, 3.63) is 26.1 Å². The maximum absolute atomic E-state index is 9.89. The molecule has 17 heavy (non-hydrogen) atoms. The Hall–Kier alpha value is -1.50. The van der Waals surface area contributed by atoms with E-state index < -0.39 is 0 Å². The first-order valence-corrected chi connectivity index (χ1v) is 5.90. The van der Waals surface area contributed by atoms with Crippen molar-refractivity contribution in [1.82, 2.24) is 0 Å². The molecular weight excluding hydrogens is 352 g/mol. The van der Waals surface area contributed by atoms with Gasteiger partial charge in [0.1, 0.15) is 17.7 Å². The maximum Gasteiger partial charge on any atom is 0.166 e. The molecule has 1 aromatic carbocycles. The van der Waals surface area contributed by atoms with Gasteiger partial charge in [0.05, 0.1) is 7.11 Å². The van der Waals surface area contributed by atoms with Crippen LogP contribution in [0, 0.1) is 22.7 Å². The van der Waals surface area contributed by atoms with E-state index in [4.69, 9.17) is 15.3 Å². The molecule has 0 aromatic heterocycles. The van der Waals surface area contributed by atoms with Crippen LogP contribution in [0.5, 0.6) is 11.5 Å². The molecule has 0 fully saturated rings. The van der Waals surface area contributed by atoms with Gasteiger partial charge in [-0.15, -0.1) is 0 Å². The van der Waals surface area contributed by atoms with Gasteiger partial charge in [-0.3, -0.25) is 0 Å². The van der Waals surface area contributed by atoms with Gasteiger partial charge in [-0.05, 0) is 44.0 Å². The molecule has 0 radical (unpaired) electrons. The predicted molar refractivity (Wildman–Crippen MR) is 69.3 cm³/mol. The quantitative estimate of drug-likeness (QED) is 0.823. The SMILES string of the molecule is COc1cc(Br)c(Br)c(C=C(C#N)C#N)c1O. The van der Waals surface area contributed by atoms with Crippen LogP contribution < -0.4 is 4.74 Å². The van der Waals surface area contributed by atoms with Crippen LogP contribution in [-0.2, 0) is 0 Å². The summed E-state index contributed by atoms with van der Waals surface area (Å²) in [6.45, 7) is 0. The van der Waals surface area contributed by atoms with Gasteiger partial charge in [0.2, 0.25) is 0 Å². The van der Waals surface area contributed by atoms with Crippen molar-refractivity contribution in [2.75, 3.05) is 7.11 Å². The lowest BCUT2D eigenvalue weighted by atomic mass is 10.1. The van der Waals surface area contributed by atoms with Crippen LogP contribution in [0.15, 0.2) is 20.6 Å². The molecule has 4 nitrogen and oxygen atoms in total. The smallest absolute Gasteiger partial charge is 0.166 e. The molecule has 1 rings (SSSR count). The molecule has 0 heterocycles. The molecule has 0 saturated heterocycles. The highest BCUT2D eigenvalue weighted by Gasteiger charge is 2.14. The van der Waals surface area contributed by atoms with Gasteiger partial charge in [0.25, 0.3) is 0 Å². The van der Waals surface area contributed by atoms with Crippen molar-refractivity contribution >= 4 is 37.9 Å². The molecule has 0 atom stereocenters. The number of halogens is 2. The molecule has 0 spiro atoms. The summed E-state index contributed by atoms with van der Waals surface area (Å²) in [5, 5.41) is 27.3. The van der Waals surface area contributed by atoms with Crippen LogP contribution in [0.3, 0.4) is 0 Å². The number of nitrogens with zero attached hydrogens (tertiary/aromatic N) is 2. The van der Waals surface area contributed by atoms with E-state index >= 15 is 0 Å². The number of allylic oxidation sites excluding steroid dienone is 1. The second-order valence-electron chi connectivity index (χ2n) is 2.92. The summed E-state index contributed by atoms with van der Waals surface area (Å²) in [6.07, 6.45) is 1.28. The van der Waals surface area contributed by atoms with Crippen LogP contribution in [0.1, 0.15) is 5.56 Å². The van der Waals surface area contributed by atoms with Crippen LogP contribution in [0.4, 0.5) is 0 Å². The summed E-state index contributed by atoms with van der Waals surface area (Å²) < 4.78 is 6.16. The number of benzene rings is 1. The third-order valence-electron chi connectivity index (χ3n) is 1.94. The van der Waals surface area contributed by atoms with Gasteiger partial charge in [-0.1, -0.05) is 0 Å². The van der Waals surface area contributed by atoms with Crippen molar-refractivity contribution in [3.8, 4) is 23.6 Å². The van der Waals surface area contributed by atoms with Crippen molar-refractivity contribution in [2.45, 2.75) is 0 Å². The zero-order valence-electron chi connectivity index (χ0n) is 8.66. The molecular formula is C11H6Br2N2O2. The third kappa shape index (κ3) is 2.79. The minimum absolute atomic E-state index is 0.110. The summed E-state index contributed by atoms with van der Waals surface area (Å²) in [5.74, 6) is 0.118. The van der Waals surface area contributed by atoms with Gasteiger partial charge in [0, 0.05) is 14.5 Å². The fraction of sp³-hybridized carbons (Fsp3) is 0.0909. The molecule has 0 saturated carbocycles. The predicted octanol–water partition coefficient (Wildman–Crippen LogP) is 3.36. The lowest BCUT2D eigenvalue weighted by molar-refractivity contribution is 0.372. The largest absolute Gasteiger partial charge is 0.504 e. The number of hydrogen-bond acceptors (Lipinski definition) is 4.